The standard InChI is InChI=1S/C29H36N2O/c32-29(13-11-25-15-19-30(20-16-25)23-27-7-3-1-4-8-27)14-12-26-17-21-31(22-18-26)24-28-9-5-2-6-10-28/h1-14,25-26H,15-24H2. The molecule has 2 aliphatic heterocycles. The number of piperidine rings is 2. The lowest BCUT2D eigenvalue weighted by Crippen LogP contribution is -2.32. The van der Waals surface area contributed by atoms with E-state index in [-0.39, 0.29) is 5.78 Å². The summed E-state index contributed by atoms with van der Waals surface area (Å²) >= 11 is 0. The largest absolute Gasteiger partial charge is 0.299 e. The quantitative estimate of drug-likeness (QED) is 0.519. The molecule has 2 aromatic carbocycles. The van der Waals surface area contributed by atoms with Crippen molar-refractivity contribution in [3.05, 3.63) is 96.1 Å². The second kappa shape index (κ2) is 11.9. The number of carbonyl (C=O) groups is 1. The number of ketones is 1. The zero-order chi connectivity index (χ0) is 22.0. The molecule has 0 saturated carbocycles. The molecule has 0 aromatic heterocycles. The summed E-state index contributed by atoms with van der Waals surface area (Å²) in [5.74, 6) is 1.20. The average Bonchev–Trinajstić information content (AvgIpc) is 2.84. The van der Waals surface area contributed by atoms with E-state index in [4.69, 9.17) is 0 Å². The molecule has 0 aliphatic carbocycles. The van der Waals surface area contributed by atoms with Gasteiger partial charge in [0, 0.05) is 13.1 Å². The minimum absolute atomic E-state index is 0.142. The number of hydrogen-bond donors (Lipinski definition) is 0. The van der Waals surface area contributed by atoms with Crippen LogP contribution in [0.15, 0.2) is 85.0 Å². The van der Waals surface area contributed by atoms with Gasteiger partial charge < -0.3 is 0 Å². The van der Waals surface area contributed by atoms with Gasteiger partial charge in [0.1, 0.15) is 0 Å². The molecule has 0 radical (unpaired) electrons. The number of nitrogens with zero attached hydrogens (tertiary/aromatic N) is 2. The minimum Gasteiger partial charge on any atom is -0.299 e. The SMILES string of the molecule is O=C(C=CC1CCN(Cc2ccccc2)CC1)C=CC1CCN(Cc2ccccc2)CC1. The molecule has 0 spiro atoms. The summed E-state index contributed by atoms with van der Waals surface area (Å²) in [5, 5.41) is 0. The van der Waals surface area contributed by atoms with Crippen LogP contribution in [0.4, 0.5) is 0 Å². The first-order valence-corrected chi connectivity index (χ1v) is 12.2. The number of hydrogen-bond acceptors (Lipinski definition) is 3. The maximum atomic E-state index is 12.3. The molecule has 2 aromatic rings. The molecule has 3 nitrogen and oxygen atoms in total. The Morgan fingerprint density at radius 3 is 1.41 bits per heavy atom. The van der Waals surface area contributed by atoms with Gasteiger partial charge in [0.25, 0.3) is 0 Å². The molecule has 32 heavy (non-hydrogen) atoms. The fourth-order valence-electron chi connectivity index (χ4n) is 4.81. The third kappa shape index (κ3) is 7.29. The first kappa shape index (κ1) is 22.7. The number of benzene rings is 2. The van der Waals surface area contributed by atoms with E-state index in [2.05, 4.69) is 82.6 Å². The highest BCUT2D eigenvalue weighted by Crippen LogP contribution is 2.21. The van der Waals surface area contributed by atoms with E-state index in [9.17, 15) is 4.79 Å². The van der Waals surface area contributed by atoms with E-state index in [1.54, 1.807) is 12.2 Å². The molecule has 2 saturated heterocycles. The molecule has 0 unspecified atom stereocenters. The summed E-state index contributed by atoms with van der Waals surface area (Å²) in [5.41, 5.74) is 2.76. The summed E-state index contributed by atoms with van der Waals surface area (Å²) in [6, 6.07) is 21.4. The van der Waals surface area contributed by atoms with E-state index in [1.165, 1.54) is 11.1 Å². The zero-order valence-corrected chi connectivity index (χ0v) is 19.1. The Kier molecular flexibility index (Phi) is 8.47. The molecule has 168 valence electrons. The van der Waals surface area contributed by atoms with Crippen LogP contribution in [-0.2, 0) is 17.9 Å². The van der Waals surface area contributed by atoms with Crippen LogP contribution < -0.4 is 0 Å². The first-order chi connectivity index (χ1) is 15.7. The summed E-state index contributed by atoms with van der Waals surface area (Å²) in [7, 11) is 0. The Balaban J connectivity index is 1.14. The molecule has 4 rings (SSSR count). The molecular formula is C29H36N2O. The Morgan fingerprint density at radius 2 is 1.03 bits per heavy atom. The second-order valence-electron chi connectivity index (χ2n) is 9.32. The average molecular weight is 429 g/mol. The van der Waals surface area contributed by atoms with Crippen LogP contribution in [0.5, 0.6) is 0 Å². The predicted octanol–water partition coefficient (Wildman–Crippen LogP) is 5.49. The van der Waals surface area contributed by atoms with Crippen molar-refractivity contribution in [2.45, 2.75) is 38.8 Å². The molecule has 0 atom stereocenters. The van der Waals surface area contributed by atoms with E-state index >= 15 is 0 Å². The highest BCUT2D eigenvalue weighted by atomic mass is 16.1. The van der Waals surface area contributed by atoms with Gasteiger partial charge in [-0.3, -0.25) is 14.6 Å². The highest BCUT2D eigenvalue weighted by Gasteiger charge is 2.18. The Morgan fingerprint density at radius 1 is 0.656 bits per heavy atom. The molecule has 2 aliphatic rings. The van der Waals surface area contributed by atoms with Gasteiger partial charge in [-0.2, -0.15) is 0 Å². The summed E-state index contributed by atoms with van der Waals surface area (Å²) < 4.78 is 0. The lowest BCUT2D eigenvalue weighted by molar-refractivity contribution is -0.110. The van der Waals surface area contributed by atoms with Crippen molar-refractivity contribution in [1.29, 1.82) is 0 Å². The number of likely N-dealkylation sites (tertiary alicyclic amines) is 2. The van der Waals surface area contributed by atoms with Gasteiger partial charge >= 0.3 is 0 Å². The van der Waals surface area contributed by atoms with Crippen LogP contribution in [0.2, 0.25) is 0 Å². The maximum absolute atomic E-state index is 12.3. The third-order valence-electron chi connectivity index (χ3n) is 6.83. The molecule has 3 heteroatoms. The van der Waals surface area contributed by atoms with Gasteiger partial charge in [-0.25, -0.2) is 0 Å². The van der Waals surface area contributed by atoms with Crippen molar-refractivity contribution in [2.24, 2.45) is 11.8 Å². The smallest absolute Gasteiger partial charge is 0.178 e. The van der Waals surface area contributed by atoms with Gasteiger partial charge in [0.15, 0.2) is 5.78 Å². The van der Waals surface area contributed by atoms with Crippen molar-refractivity contribution in [1.82, 2.24) is 9.80 Å². The van der Waals surface area contributed by atoms with E-state index in [0.717, 1.165) is 65.0 Å². The van der Waals surface area contributed by atoms with E-state index in [0.29, 0.717) is 11.8 Å². The van der Waals surface area contributed by atoms with Gasteiger partial charge in [-0.05, 0) is 87.0 Å². The number of allylic oxidation sites excluding steroid dienone is 4. The van der Waals surface area contributed by atoms with Gasteiger partial charge in [-0.1, -0.05) is 72.8 Å². The molecule has 2 heterocycles. The predicted molar refractivity (Wildman–Crippen MR) is 132 cm³/mol. The van der Waals surface area contributed by atoms with E-state index < -0.39 is 0 Å². The topological polar surface area (TPSA) is 23.6 Å². The van der Waals surface area contributed by atoms with Crippen molar-refractivity contribution in [2.75, 3.05) is 26.2 Å². The van der Waals surface area contributed by atoms with E-state index in [1.807, 2.05) is 0 Å². The highest BCUT2D eigenvalue weighted by molar-refractivity contribution is 5.99. The Hall–Kier alpha value is -2.49. The van der Waals surface area contributed by atoms with Crippen LogP contribution in [0.3, 0.4) is 0 Å². The van der Waals surface area contributed by atoms with Gasteiger partial charge in [0.2, 0.25) is 0 Å². The normalized spacial score (nSPS) is 19.8. The first-order valence-electron chi connectivity index (χ1n) is 12.2. The number of carbonyl (C=O) groups excluding carboxylic acids is 1. The van der Waals surface area contributed by atoms with Crippen LogP contribution in [0.1, 0.15) is 36.8 Å². The minimum atomic E-state index is 0.142. The summed E-state index contributed by atoms with van der Waals surface area (Å²) in [6.07, 6.45) is 12.5. The van der Waals surface area contributed by atoms with Crippen molar-refractivity contribution in [3.63, 3.8) is 0 Å². The molecule has 0 bridgehead atoms. The van der Waals surface area contributed by atoms with Crippen LogP contribution in [0, 0.1) is 11.8 Å². The van der Waals surface area contributed by atoms with Crippen LogP contribution in [0.25, 0.3) is 0 Å². The Labute approximate surface area is 193 Å². The maximum Gasteiger partial charge on any atom is 0.178 e. The third-order valence-corrected chi connectivity index (χ3v) is 6.83. The monoisotopic (exact) mass is 428 g/mol. The second-order valence-corrected chi connectivity index (χ2v) is 9.32. The molecular weight excluding hydrogens is 392 g/mol. The van der Waals surface area contributed by atoms with Crippen molar-refractivity contribution in [3.8, 4) is 0 Å². The Bertz CT molecular complexity index is 800. The fraction of sp³-hybridized carbons (Fsp3) is 0.414. The molecule has 0 amide bonds. The summed E-state index contributed by atoms with van der Waals surface area (Å²) in [6.45, 7) is 6.49. The summed E-state index contributed by atoms with van der Waals surface area (Å²) in [4.78, 5) is 17.4. The van der Waals surface area contributed by atoms with Gasteiger partial charge in [-0.15, -0.1) is 0 Å². The molecule has 0 N–H and O–H groups in total. The lowest BCUT2D eigenvalue weighted by Gasteiger charge is -2.30. The van der Waals surface area contributed by atoms with Gasteiger partial charge in [0.05, 0.1) is 0 Å². The molecule has 2 fully saturated rings. The van der Waals surface area contributed by atoms with Crippen LogP contribution in [-0.4, -0.2) is 41.8 Å². The van der Waals surface area contributed by atoms with Crippen molar-refractivity contribution < 1.29 is 4.79 Å². The lowest BCUT2D eigenvalue weighted by atomic mass is 9.94. The zero-order valence-electron chi connectivity index (χ0n) is 19.1. The van der Waals surface area contributed by atoms with Crippen LogP contribution >= 0.6 is 0 Å². The number of rotatable bonds is 8. The fourth-order valence-corrected chi connectivity index (χ4v) is 4.81. The van der Waals surface area contributed by atoms with Crippen molar-refractivity contribution >= 4 is 5.78 Å².